The highest BCUT2D eigenvalue weighted by Crippen LogP contribution is 2.25. The molecule has 2 heterocycles. The number of rotatable bonds is 10. The number of halogens is 1. The molecule has 166 valence electrons. The van der Waals surface area contributed by atoms with Crippen LogP contribution in [0.25, 0.3) is 10.7 Å². The van der Waals surface area contributed by atoms with Gasteiger partial charge in [-0.2, -0.15) is 0 Å². The molecule has 0 saturated heterocycles. The van der Waals surface area contributed by atoms with Crippen molar-refractivity contribution in [3.05, 3.63) is 57.4 Å². The first-order valence-electron chi connectivity index (χ1n) is 9.59. The number of carbonyl (C=O) groups is 2. The topological polar surface area (TPSA) is 84.0 Å². The Morgan fingerprint density at radius 2 is 1.71 bits per heavy atom. The zero-order valence-corrected chi connectivity index (χ0v) is 22.0. The third-order valence-electron chi connectivity index (χ3n) is 4.18. The maximum Gasteiger partial charge on any atom is 0.270 e. The Bertz CT molecular complexity index is 976. The fourth-order valence-electron chi connectivity index (χ4n) is 2.65. The molecule has 2 N–H and O–H groups in total. The van der Waals surface area contributed by atoms with Crippen molar-refractivity contribution in [1.82, 2.24) is 20.6 Å². The average Bonchev–Trinajstić information content (AvgIpc) is 3.41. The number of hydrogen-bond acceptors (Lipinski definition) is 6. The lowest BCUT2D eigenvalue weighted by molar-refractivity contribution is -0.0000227. The molecular weight excluding hydrogens is 563 g/mol. The predicted molar refractivity (Wildman–Crippen MR) is 127 cm³/mol. The summed E-state index contributed by atoms with van der Waals surface area (Å²) in [6.07, 6.45) is 6.04. The minimum atomic E-state index is -0.135. The standard InChI is InChI=1S/C21H24N4O2S3.HI/c1-30(2)12-6-10-22-20(27)16-13-29-21(25-16)17-14-28-18(24-17)9-11-23-19(26)15-7-4-3-5-8-15;/h3-5,7-8,13-14H,6,9-12H2,1-2H3,(H-,22,23,26,27);1H. The fraction of sp³-hybridized carbons (Fsp3) is 0.333. The lowest BCUT2D eigenvalue weighted by Gasteiger charge is -2.03. The van der Waals surface area contributed by atoms with Crippen LogP contribution >= 0.6 is 22.7 Å². The SMILES string of the molecule is C[S+](C)CCCNC(=O)c1csc(-c2csc(CCNC(=O)c3ccccc3)n2)n1.[I-]. The van der Waals surface area contributed by atoms with E-state index in [1.807, 2.05) is 23.6 Å². The van der Waals surface area contributed by atoms with Gasteiger partial charge in [0.05, 0.1) is 17.5 Å². The lowest BCUT2D eigenvalue weighted by Crippen LogP contribution is -3.00. The second kappa shape index (κ2) is 13.1. The third kappa shape index (κ3) is 8.17. The molecule has 0 aliphatic heterocycles. The summed E-state index contributed by atoms with van der Waals surface area (Å²) in [6.45, 7) is 1.19. The van der Waals surface area contributed by atoms with Gasteiger partial charge in [-0.15, -0.1) is 22.7 Å². The summed E-state index contributed by atoms with van der Waals surface area (Å²) in [4.78, 5) is 33.4. The van der Waals surface area contributed by atoms with Crippen LogP contribution in [-0.2, 0) is 17.3 Å². The number of nitrogens with zero attached hydrogens (tertiary/aromatic N) is 2. The maximum atomic E-state index is 12.2. The molecule has 0 bridgehead atoms. The molecular formula is C21H25IN4O2S3. The first kappa shape index (κ1) is 25.8. The minimum Gasteiger partial charge on any atom is -1.00 e. The van der Waals surface area contributed by atoms with Crippen LogP contribution in [0.2, 0.25) is 0 Å². The predicted octanol–water partition coefficient (Wildman–Crippen LogP) is 0.241. The molecule has 0 unspecified atom stereocenters. The van der Waals surface area contributed by atoms with Crippen LogP contribution in [0.3, 0.4) is 0 Å². The van der Waals surface area contributed by atoms with Crippen molar-refractivity contribution in [1.29, 1.82) is 0 Å². The van der Waals surface area contributed by atoms with Crippen molar-refractivity contribution in [3.8, 4) is 10.7 Å². The van der Waals surface area contributed by atoms with Gasteiger partial charge in [0, 0.05) is 42.3 Å². The molecule has 0 radical (unpaired) electrons. The number of amides is 2. The van der Waals surface area contributed by atoms with Crippen molar-refractivity contribution in [3.63, 3.8) is 0 Å². The number of aromatic nitrogens is 2. The van der Waals surface area contributed by atoms with Crippen LogP contribution in [0.15, 0.2) is 41.1 Å². The molecule has 3 aromatic rings. The molecule has 31 heavy (non-hydrogen) atoms. The number of benzene rings is 1. The Morgan fingerprint density at radius 1 is 0.968 bits per heavy atom. The highest BCUT2D eigenvalue weighted by Gasteiger charge is 2.14. The van der Waals surface area contributed by atoms with Crippen LogP contribution in [0, 0.1) is 0 Å². The summed E-state index contributed by atoms with van der Waals surface area (Å²) >= 11 is 2.95. The molecule has 0 fully saturated rings. The molecule has 2 amide bonds. The molecule has 0 spiro atoms. The van der Waals surface area contributed by atoms with E-state index in [9.17, 15) is 9.59 Å². The van der Waals surface area contributed by atoms with Gasteiger partial charge in [0.15, 0.2) is 0 Å². The minimum absolute atomic E-state index is 0. The van der Waals surface area contributed by atoms with Gasteiger partial charge in [-0.3, -0.25) is 9.59 Å². The molecule has 0 atom stereocenters. The van der Waals surface area contributed by atoms with Gasteiger partial charge in [-0.1, -0.05) is 18.2 Å². The second-order valence-electron chi connectivity index (χ2n) is 6.84. The number of thiazole rings is 2. The van der Waals surface area contributed by atoms with E-state index in [0.29, 0.717) is 41.7 Å². The molecule has 0 aliphatic rings. The zero-order valence-electron chi connectivity index (χ0n) is 17.4. The summed E-state index contributed by atoms with van der Waals surface area (Å²) in [6, 6.07) is 9.15. The van der Waals surface area contributed by atoms with Crippen molar-refractivity contribution in [2.45, 2.75) is 12.8 Å². The van der Waals surface area contributed by atoms with E-state index in [4.69, 9.17) is 0 Å². The maximum absolute atomic E-state index is 12.2. The van der Waals surface area contributed by atoms with Gasteiger partial charge in [0.2, 0.25) is 0 Å². The van der Waals surface area contributed by atoms with Crippen molar-refractivity contribution in [2.75, 3.05) is 31.4 Å². The Hall–Kier alpha value is -1.50. The van der Waals surface area contributed by atoms with Crippen LogP contribution in [0.1, 0.15) is 32.3 Å². The van der Waals surface area contributed by atoms with E-state index in [-0.39, 0.29) is 35.8 Å². The summed E-state index contributed by atoms with van der Waals surface area (Å²) < 4.78 is 0. The summed E-state index contributed by atoms with van der Waals surface area (Å²) in [5.74, 6) is 0.899. The first-order valence-corrected chi connectivity index (χ1v) is 13.6. The van der Waals surface area contributed by atoms with Crippen molar-refractivity contribution in [2.24, 2.45) is 0 Å². The van der Waals surface area contributed by atoms with Crippen LogP contribution in [0.4, 0.5) is 0 Å². The number of carbonyl (C=O) groups excluding carboxylic acids is 2. The Labute approximate surface area is 210 Å². The Morgan fingerprint density at radius 3 is 2.45 bits per heavy atom. The van der Waals surface area contributed by atoms with E-state index >= 15 is 0 Å². The number of nitrogens with one attached hydrogen (secondary N) is 2. The molecule has 0 aliphatic carbocycles. The highest BCUT2D eigenvalue weighted by molar-refractivity contribution is 7.95. The Kier molecular flexibility index (Phi) is 10.9. The normalized spacial score (nSPS) is 10.5. The van der Waals surface area contributed by atoms with E-state index in [1.54, 1.807) is 17.5 Å². The fourth-order valence-corrected chi connectivity index (χ4v) is 4.99. The molecule has 3 rings (SSSR count). The van der Waals surface area contributed by atoms with E-state index in [1.165, 1.54) is 22.7 Å². The Balaban J connectivity index is 0.00000341. The summed E-state index contributed by atoms with van der Waals surface area (Å²) in [5, 5.41) is 11.2. The molecule has 6 nitrogen and oxygen atoms in total. The van der Waals surface area contributed by atoms with Gasteiger partial charge in [0.25, 0.3) is 11.8 Å². The summed E-state index contributed by atoms with van der Waals surface area (Å²) in [5.41, 5.74) is 1.86. The van der Waals surface area contributed by atoms with Crippen LogP contribution in [0.5, 0.6) is 0 Å². The van der Waals surface area contributed by atoms with Gasteiger partial charge in [0.1, 0.15) is 22.1 Å². The van der Waals surface area contributed by atoms with Gasteiger partial charge < -0.3 is 34.6 Å². The van der Waals surface area contributed by atoms with Crippen molar-refractivity contribution >= 4 is 45.4 Å². The highest BCUT2D eigenvalue weighted by atomic mass is 127. The number of hydrogen-bond donors (Lipinski definition) is 2. The molecule has 10 heteroatoms. The quantitative estimate of drug-likeness (QED) is 0.202. The van der Waals surface area contributed by atoms with Crippen LogP contribution in [-0.4, -0.2) is 53.1 Å². The van der Waals surface area contributed by atoms with Crippen LogP contribution < -0.4 is 34.6 Å². The molecule has 0 saturated carbocycles. The average molecular weight is 589 g/mol. The van der Waals surface area contributed by atoms with Gasteiger partial charge >= 0.3 is 0 Å². The molecule has 2 aromatic heterocycles. The van der Waals surface area contributed by atoms with E-state index in [2.05, 4.69) is 33.1 Å². The zero-order chi connectivity index (χ0) is 21.3. The van der Waals surface area contributed by atoms with Crippen molar-refractivity contribution < 1.29 is 33.6 Å². The first-order chi connectivity index (χ1) is 14.5. The lowest BCUT2D eigenvalue weighted by atomic mass is 10.2. The third-order valence-corrected chi connectivity index (χ3v) is 7.06. The monoisotopic (exact) mass is 588 g/mol. The largest absolute Gasteiger partial charge is 1.00 e. The van der Waals surface area contributed by atoms with E-state index in [0.717, 1.165) is 27.9 Å². The van der Waals surface area contributed by atoms with Gasteiger partial charge in [-0.05, 0) is 23.0 Å². The second-order valence-corrected chi connectivity index (χ2v) is 11.0. The van der Waals surface area contributed by atoms with Gasteiger partial charge in [-0.25, -0.2) is 9.97 Å². The molecule has 1 aromatic carbocycles. The summed E-state index contributed by atoms with van der Waals surface area (Å²) in [7, 11) is 0.396. The smallest absolute Gasteiger partial charge is 0.270 e. The van der Waals surface area contributed by atoms with E-state index < -0.39 is 0 Å².